The van der Waals surface area contributed by atoms with Crippen molar-refractivity contribution >= 4 is 34.6 Å². The molecule has 0 fully saturated rings. The summed E-state index contributed by atoms with van der Waals surface area (Å²) in [6.45, 7) is 1.26. The topological polar surface area (TPSA) is 227 Å². The Kier molecular flexibility index (Phi) is 11.0. The van der Waals surface area contributed by atoms with Crippen molar-refractivity contribution in [2.45, 2.75) is 56.5 Å². The number of carbonyl (C=O) groups excluding carboxylic acids is 3. The minimum atomic E-state index is -1.57. The van der Waals surface area contributed by atoms with Crippen LogP contribution in [0.1, 0.15) is 23.6 Å². The minimum Gasteiger partial charge on any atom is -0.508 e. The molecule has 10 N–H and O–H groups in total. The van der Waals surface area contributed by atoms with E-state index in [-0.39, 0.29) is 30.8 Å². The number of benzene rings is 3. The highest BCUT2D eigenvalue weighted by Gasteiger charge is 2.33. The van der Waals surface area contributed by atoms with Crippen molar-refractivity contribution in [3.63, 3.8) is 0 Å². The van der Waals surface area contributed by atoms with Gasteiger partial charge >= 0.3 is 5.97 Å². The van der Waals surface area contributed by atoms with Crippen LogP contribution in [0.15, 0.2) is 79.0 Å². The standard InChI is InChI=1S/C33H37N5O8/c1-18(39)29(32(44)37-28(33(45)46)15-20-8-12-23(41)13-9-20)38-31(43)27(16-21-17-35-26-5-3-2-4-24(21)26)36-30(42)25(34)14-19-6-10-22(40)11-7-19/h2-13,17-18,25,27-29,35,39-41H,14-16,34H2,1H3,(H,36,42)(H,37,44)(H,38,43)(H,45,46). The average Bonchev–Trinajstić information content (AvgIpc) is 3.43. The van der Waals surface area contributed by atoms with Crippen molar-refractivity contribution in [3.05, 3.63) is 95.7 Å². The fourth-order valence-corrected chi connectivity index (χ4v) is 4.98. The number of fused-ring (bicyclic) bond motifs is 1. The van der Waals surface area contributed by atoms with Crippen molar-refractivity contribution in [2.24, 2.45) is 5.73 Å². The molecule has 0 spiro atoms. The molecule has 4 aromatic rings. The Balaban J connectivity index is 1.52. The molecule has 0 saturated heterocycles. The van der Waals surface area contributed by atoms with E-state index in [1.807, 2.05) is 24.3 Å². The number of aromatic nitrogens is 1. The Morgan fingerprint density at radius 1 is 0.739 bits per heavy atom. The molecule has 5 atom stereocenters. The molecule has 46 heavy (non-hydrogen) atoms. The van der Waals surface area contributed by atoms with Crippen LogP contribution in [0.3, 0.4) is 0 Å². The van der Waals surface area contributed by atoms with Gasteiger partial charge in [0.15, 0.2) is 0 Å². The molecular formula is C33H37N5O8. The smallest absolute Gasteiger partial charge is 0.326 e. The second kappa shape index (κ2) is 15.1. The Morgan fingerprint density at radius 2 is 1.30 bits per heavy atom. The maximum Gasteiger partial charge on any atom is 0.326 e. The lowest BCUT2D eigenvalue weighted by Crippen LogP contribution is -2.60. The monoisotopic (exact) mass is 631 g/mol. The number of aliphatic hydroxyl groups is 1. The zero-order chi connectivity index (χ0) is 33.4. The molecule has 13 nitrogen and oxygen atoms in total. The number of nitrogens with two attached hydrogens (primary N) is 1. The van der Waals surface area contributed by atoms with Gasteiger partial charge in [-0.3, -0.25) is 14.4 Å². The number of aromatic hydroxyl groups is 2. The molecule has 3 amide bonds. The number of carboxylic acid groups (broad SMARTS) is 1. The van der Waals surface area contributed by atoms with Gasteiger partial charge in [-0.05, 0) is 60.4 Å². The van der Waals surface area contributed by atoms with Crippen molar-refractivity contribution < 1.29 is 39.6 Å². The molecular weight excluding hydrogens is 594 g/mol. The van der Waals surface area contributed by atoms with E-state index in [1.165, 1.54) is 43.3 Å². The van der Waals surface area contributed by atoms with Gasteiger partial charge in [0, 0.05) is 29.9 Å². The summed E-state index contributed by atoms with van der Waals surface area (Å²) in [4.78, 5) is 55.2. The van der Waals surface area contributed by atoms with E-state index in [9.17, 15) is 39.6 Å². The zero-order valence-electron chi connectivity index (χ0n) is 25.0. The van der Waals surface area contributed by atoms with E-state index < -0.39 is 54.0 Å². The number of hydrogen-bond donors (Lipinski definition) is 9. The number of rotatable bonds is 14. The van der Waals surface area contributed by atoms with Crippen molar-refractivity contribution in [1.82, 2.24) is 20.9 Å². The first kappa shape index (κ1) is 33.5. The lowest BCUT2D eigenvalue weighted by molar-refractivity contribution is -0.143. The zero-order valence-corrected chi connectivity index (χ0v) is 25.0. The summed E-state index contributed by atoms with van der Waals surface area (Å²) < 4.78 is 0. The Hall–Kier alpha value is -5.40. The summed E-state index contributed by atoms with van der Waals surface area (Å²) >= 11 is 0. The first-order valence-corrected chi connectivity index (χ1v) is 14.6. The summed E-state index contributed by atoms with van der Waals surface area (Å²) in [5, 5.41) is 47.5. The number of para-hydroxylation sites is 1. The molecule has 1 aromatic heterocycles. The van der Waals surface area contributed by atoms with Gasteiger partial charge < -0.3 is 47.1 Å². The van der Waals surface area contributed by atoms with Crippen molar-refractivity contribution in [1.29, 1.82) is 0 Å². The van der Waals surface area contributed by atoms with E-state index >= 15 is 0 Å². The van der Waals surface area contributed by atoms with E-state index in [0.717, 1.165) is 10.9 Å². The summed E-state index contributed by atoms with van der Waals surface area (Å²) in [7, 11) is 0. The van der Waals surface area contributed by atoms with Crippen molar-refractivity contribution in [3.8, 4) is 11.5 Å². The number of carboxylic acids is 1. The van der Waals surface area contributed by atoms with Gasteiger partial charge in [-0.1, -0.05) is 42.5 Å². The highest BCUT2D eigenvalue weighted by Crippen LogP contribution is 2.20. The molecule has 3 aromatic carbocycles. The number of phenolic OH excluding ortho intramolecular Hbond substituents is 2. The van der Waals surface area contributed by atoms with E-state index in [2.05, 4.69) is 20.9 Å². The van der Waals surface area contributed by atoms with Crippen LogP contribution in [0.5, 0.6) is 11.5 Å². The number of aliphatic hydroxyl groups excluding tert-OH is 1. The number of amides is 3. The number of aromatic amines is 1. The number of carbonyl (C=O) groups is 4. The molecule has 0 aliphatic heterocycles. The molecule has 4 rings (SSSR count). The normalized spacial score (nSPS) is 14.4. The van der Waals surface area contributed by atoms with Crippen LogP contribution >= 0.6 is 0 Å². The fraction of sp³-hybridized carbons (Fsp3) is 0.273. The van der Waals surface area contributed by atoms with Crippen LogP contribution in [0.25, 0.3) is 10.9 Å². The third-order valence-electron chi connectivity index (χ3n) is 7.51. The number of phenols is 2. The molecule has 0 saturated carbocycles. The van der Waals surface area contributed by atoms with Gasteiger partial charge in [-0.15, -0.1) is 0 Å². The van der Waals surface area contributed by atoms with Gasteiger partial charge in [-0.2, -0.15) is 0 Å². The van der Waals surface area contributed by atoms with Gasteiger partial charge in [0.05, 0.1) is 12.1 Å². The molecule has 13 heteroatoms. The highest BCUT2D eigenvalue weighted by atomic mass is 16.4. The number of hydrogen-bond acceptors (Lipinski definition) is 8. The van der Waals surface area contributed by atoms with E-state index in [1.54, 1.807) is 18.3 Å². The van der Waals surface area contributed by atoms with E-state index in [4.69, 9.17) is 5.73 Å². The van der Waals surface area contributed by atoms with Crippen LogP contribution in [0.4, 0.5) is 0 Å². The predicted molar refractivity (Wildman–Crippen MR) is 169 cm³/mol. The van der Waals surface area contributed by atoms with E-state index in [0.29, 0.717) is 16.7 Å². The molecule has 0 bridgehead atoms. The summed E-state index contributed by atoms with van der Waals surface area (Å²) in [5.74, 6) is -3.69. The molecule has 5 unspecified atom stereocenters. The molecule has 1 heterocycles. The largest absolute Gasteiger partial charge is 0.508 e. The maximum atomic E-state index is 13.7. The number of H-pyrrole nitrogens is 1. The third-order valence-corrected chi connectivity index (χ3v) is 7.51. The Morgan fingerprint density at radius 3 is 1.89 bits per heavy atom. The van der Waals surface area contributed by atoms with Crippen LogP contribution in [0.2, 0.25) is 0 Å². The average molecular weight is 632 g/mol. The summed E-state index contributed by atoms with van der Waals surface area (Å²) in [5.41, 5.74) is 8.87. The Labute approximate surface area is 264 Å². The van der Waals surface area contributed by atoms with Crippen LogP contribution in [-0.4, -0.2) is 79.4 Å². The molecule has 0 aliphatic carbocycles. The third kappa shape index (κ3) is 8.83. The van der Waals surface area contributed by atoms with Gasteiger partial charge in [0.2, 0.25) is 17.7 Å². The van der Waals surface area contributed by atoms with Crippen LogP contribution in [-0.2, 0) is 38.4 Å². The second-order valence-electron chi connectivity index (χ2n) is 11.1. The molecule has 0 radical (unpaired) electrons. The van der Waals surface area contributed by atoms with Crippen LogP contribution in [0, 0.1) is 0 Å². The lowest BCUT2D eigenvalue weighted by Gasteiger charge is -2.26. The van der Waals surface area contributed by atoms with Crippen molar-refractivity contribution in [2.75, 3.05) is 0 Å². The highest BCUT2D eigenvalue weighted by molar-refractivity contribution is 5.95. The minimum absolute atomic E-state index is 0.000266. The predicted octanol–water partition coefficient (Wildman–Crippen LogP) is 0.854. The first-order chi connectivity index (χ1) is 21.9. The Bertz CT molecular complexity index is 1670. The number of nitrogens with one attached hydrogen (secondary N) is 4. The summed E-state index contributed by atoms with van der Waals surface area (Å²) in [6.07, 6.45) is 0.255. The SMILES string of the molecule is CC(O)C(NC(=O)C(Cc1c[nH]c2ccccc12)NC(=O)C(N)Cc1ccc(O)cc1)C(=O)NC(Cc1ccc(O)cc1)C(=O)O. The van der Waals surface area contributed by atoms with Gasteiger partial charge in [0.25, 0.3) is 0 Å². The second-order valence-corrected chi connectivity index (χ2v) is 11.1. The quantitative estimate of drug-likeness (QED) is 0.0960. The van der Waals surface area contributed by atoms with Gasteiger partial charge in [0.1, 0.15) is 29.6 Å². The molecule has 0 aliphatic rings. The van der Waals surface area contributed by atoms with Gasteiger partial charge in [-0.25, -0.2) is 4.79 Å². The number of aliphatic carboxylic acids is 1. The first-order valence-electron chi connectivity index (χ1n) is 14.6. The molecule has 242 valence electrons. The fourth-order valence-electron chi connectivity index (χ4n) is 4.98. The van der Waals surface area contributed by atoms with Crippen LogP contribution < -0.4 is 21.7 Å². The maximum absolute atomic E-state index is 13.7. The lowest BCUT2D eigenvalue weighted by atomic mass is 10.0. The summed E-state index contributed by atoms with van der Waals surface area (Å²) in [6, 6.07) is 14.1.